The van der Waals surface area contributed by atoms with Crippen molar-refractivity contribution in [1.82, 2.24) is 15.3 Å². The maximum Gasteiger partial charge on any atom is 0.145 e. The van der Waals surface area contributed by atoms with Crippen LogP contribution >= 0.6 is 15.9 Å². The molecule has 1 atom stereocenters. The number of nitrogens with one attached hydrogen (secondary N) is 1. The average Bonchev–Trinajstić information content (AvgIpc) is 2.41. The van der Waals surface area contributed by atoms with Crippen molar-refractivity contribution in [3.8, 4) is 0 Å². The molecule has 1 heterocycles. The van der Waals surface area contributed by atoms with Crippen molar-refractivity contribution in [2.45, 2.75) is 19.4 Å². The van der Waals surface area contributed by atoms with Gasteiger partial charge in [0.15, 0.2) is 0 Å². The Morgan fingerprint density at radius 2 is 2.00 bits per heavy atom. The van der Waals surface area contributed by atoms with E-state index in [2.05, 4.69) is 31.2 Å². The molecule has 0 aliphatic heterocycles. The van der Waals surface area contributed by atoms with Gasteiger partial charge in [0, 0.05) is 16.9 Å². The standard InChI is InChI=1S/C14H15BrFN3/c1-9-7-18-14(19-8-9)13(17-2)6-10-5-11(15)3-4-12(10)16/h3-5,7-8,13,17H,6H2,1-2H3. The van der Waals surface area contributed by atoms with Crippen molar-refractivity contribution >= 4 is 15.9 Å². The van der Waals surface area contributed by atoms with Crippen molar-refractivity contribution in [2.75, 3.05) is 7.05 Å². The Morgan fingerprint density at radius 1 is 1.32 bits per heavy atom. The minimum atomic E-state index is -0.212. The largest absolute Gasteiger partial charge is 0.310 e. The highest BCUT2D eigenvalue weighted by Gasteiger charge is 2.15. The van der Waals surface area contributed by atoms with E-state index in [0.717, 1.165) is 10.0 Å². The zero-order valence-electron chi connectivity index (χ0n) is 10.8. The smallest absolute Gasteiger partial charge is 0.145 e. The summed E-state index contributed by atoms with van der Waals surface area (Å²) in [6.07, 6.45) is 4.04. The van der Waals surface area contributed by atoms with E-state index in [1.54, 1.807) is 24.5 Å². The minimum absolute atomic E-state index is 0.107. The van der Waals surface area contributed by atoms with Crippen LogP contribution in [0.2, 0.25) is 0 Å². The molecule has 0 bridgehead atoms. The molecule has 5 heteroatoms. The second-order valence-corrected chi connectivity index (χ2v) is 5.32. The molecule has 0 amide bonds. The van der Waals surface area contributed by atoms with Crippen molar-refractivity contribution in [1.29, 1.82) is 0 Å². The SMILES string of the molecule is CNC(Cc1cc(Br)ccc1F)c1ncc(C)cn1. The quantitative estimate of drug-likeness (QED) is 0.939. The molecular formula is C14H15BrFN3. The molecular weight excluding hydrogens is 309 g/mol. The third-order valence-corrected chi connectivity index (χ3v) is 3.39. The first-order valence-electron chi connectivity index (χ1n) is 6.00. The maximum absolute atomic E-state index is 13.8. The van der Waals surface area contributed by atoms with Gasteiger partial charge in [0.25, 0.3) is 0 Å². The molecule has 0 aliphatic carbocycles. The Kier molecular flexibility index (Phi) is 4.61. The van der Waals surface area contributed by atoms with Crippen LogP contribution < -0.4 is 5.32 Å². The molecule has 0 saturated carbocycles. The minimum Gasteiger partial charge on any atom is -0.310 e. The van der Waals surface area contributed by atoms with Gasteiger partial charge in [-0.3, -0.25) is 0 Å². The summed E-state index contributed by atoms with van der Waals surface area (Å²) in [5, 5.41) is 3.13. The van der Waals surface area contributed by atoms with Gasteiger partial charge in [-0.15, -0.1) is 0 Å². The zero-order valence-corrected chi connectivity index (χ0v) is 12.4. The monoisotopic (exact) mass is 323 g/mol. The lowest BCUT2D eigenvalue weighted by molar-refractivity contribution is 0.532. The first kappa shape index (κ1) is 14.1. The van der Waals surface area contributed by atoms with Gasteiger partial charge in [0.2, 0.25) is 0 Å². The average molecular weight is 324 g/mol. The number of halogens is 2. The summed E-state index contributed by atoms with van der Waals surface area (Å²) in [7, 11) is 1.82. The number of likely N-dealkylation sites (N-methyl/N-ethyl adjacent to an activating group) is 1. The third-order valence-electron chi connectivity index (χ3n) is 2.89. The maximum atomic E-state index is 13.8. The molecule has 100 valence electrons. The molecule has 2 aromatic rings. The van der Waals surface area contributed by atoms with Gasteiger partial charge < -0.3 is 5.32 Å². The fourth-order valence-electron chi connectivity index (χ4n) is 1.82. The van der Waals surface area contributed by atoms with Crippen molar-refractivity contribution < 1.29 is 4.39 Å². The second-order valence-electron chi connectivity index (χ2n) is 4.40. The molecule has 0 fully saturated rings. The Hall–Kier alpha value is -1.33. The lowest BCUT2D eigenvalue weighted by Crippen LogP contribution is -2.21. The first-order chi connectivity index (χ1) is 9.10. The number of nitrogens with zero attached hydrogens (tertiary/aromatic N) is 2. The fraction of sp³-hybridized carbons (Fsp3) is 0.286. The van der Waals surface area contributed by atoms with Crippen LogP contribution in [0.15, 0.2) is 35.1 Å². The predicted octanol–water partition coefficient (Wildman–Crippen LogP) is 3.19. The highest BCUT2D eigenvalue weighted by molar-refractivity contribution is 9.10. The van der Waals surface area contributed by atoms with Gasteiger partial charge >= 0.3 is 0 Å². The normalized spacial score (nSPS) is 12.4. The Bertz CT molecular complexity index is 557. The van der Waals surface area contributed by atoms with E-state index < -0.39 is 0 Å². The highest BCUT2D eigenvalue weighted by Crippen LogP contribution is 2.21. The van der Waals surface area contributed by atoms with Crippen molar-refractivity contribution in [3.05, 3.63) is 57.8 Å². The number of hydrogen-bond acceptors (Lipinski definition) is 3. The molecule has 0 radical (unpaired) electrons. The molecule has 19 heavy (non-hydrogen) atoms. The van der Waals surface area contributed by atoms with Gasteiger partial charge in [-0.25, -0.2) is 14.4 Å². The third kappa shape index (κ3) is 3.58. The van der Waals surface area contributed by atoms with Crippen LogP contribution in [-0.4, -0.2) is 17.0 Å². The highest BCUT2D eigenvalue weighted by atomic mass is 79.9. The lowest BCUT2D eigenvalue weighted by Gasteiger charge is -2.15. The van der Waals surface area contributed by atoms with Crippen LogP contribution in [0.5, 0.6) is 0 Å². The van der Waals surface area contributed by atoms with E-state index in [-0.39, 0.29) is 11.9 Å². The molecule has 2 rings (SSSR count). The van der Waals surface area contributed by atoms with Crippen LogP contribution in [0.4, 0.5) is 4.39 Å². The molecule has 0 saturated heterocycles. The Morgan fingerprint density at radius 3 is 2.63 bits per heavy atom. The molecule has 0 aliphatic rings. The van der Waals surface area contributed by atoms with E-state index >= 15 is 0 Å². The van der Waals surface area contributed by atoms with E-state index in [0.29, 0.717) is 17.8 Å². The molecule has 3 nitrogen and oxygen atoms in total. The van der Waals surface area contributed by atoms with E-state index in [9.17, 15) is 4.39 Å². The fourth-order valence-corrected chi connectivity index (χ4v) is 2.23. The van der Waals surface area contributed by atoms with Gasteiger partial charge in [-0.2, -0.15) is 0 Å². The molecule has 1 unspecified atom stereocenters. The van der Waals surface area contributed by atoms with Crippen molar-refractivity contribution in [3.63, 3.8) is 0 Å². The van der Waals surface area contributed by atoms with Gasteiger partial charge in [0.05, 0.1) is 6.04 Å². The van der Waals surface area contributed by atoms with Gasteiger partial charge in [-0.1, -0.05) is 15.9 Å². The summed E-state index contributed by atoms with van der Waals surface area (Å²) in [6, 6.07) is 4.83. The topological polar surface area (TPSA) is 37.8 Å². The molecule has 1 aromatic carbocycles. The number of rotatable bonds is 4. The second kappa shape index (κ2) is 6.21. The first-order valence-corrected chi connectivity index (χ1v) is 6.79. The number of benzene rings is 1. The summed E-state index contributed by atoms with van der Waals surface area (Å²) in [5.74, 6) is 0.461. The van der Waals surface area contributed by atoms with Crippen molar-refractivity contribution in [2.24, 2.45) is 0 Å². The zero-order chi connectivity index (χ0) is 13.8. The summed E-state index contributed by atoms with van der Waals surface area (Å²) < 4.78 is 14.6. The van der Waals surface area contributed by atoms with Gasteiger partial charge in [0.1, 0.15) is 11.6 Å². The molecule has 1 aromatic heterocycles. The van der Waals surface area contributed by atoms with Crippen LogP contribution in [0.25, 0.3) is 0 Å². The summed E-state index contributed by atoms with van der Waals surface area (Å²) in [4.78, 5) is 8.58. The predicted molar refractivity (Wildman–Crippen MR) is 76.4 cm³/mol. The Balaban J connectivity index is 2.23. The van der Waals surface area contributed by atoms with E-state index in [1.165, 1.54) is 6.07 Å². The Labute approximate surface area is 120 Å². The van der Waals surface area contributed by atoms with E-state index in [1.807, 2.05) is 14.0 Å². The van der Waals surface area contributed by atoms with E-state index in [4.69, 9.17) is 0 Å². The number of aromatic nitrogens is 2. The van der Waals surface area contributed by atoms with Crippen LogP contribution in [0.3, 0.4) is 0 Å². The summed E-state index contributed by atoms with van der Waals surface area (Å²) in [6.45, 7) is 1.94. The number of hydrogen-bond donors (Lipinski definition) is 1. The lowest BCUT2D eigenvalue weighted by atomic mass is 10.0. The van der Waals surface area contributed by atoms with Crippen LogP contribution in [0, 0.1) is 12.7 Å². The van der Waals surface area contributed by atoms with Gasteiger partial charge in [-0.05, 0) is 49.7 Å². The summed E-state index contributed by atoms with van der Waals surface area (Å²) in [5.41, 5.74) is 1.64. The summed E-state index contributed by atoms with van der Waals surface area (Å²) >= 11 is 3.36. The molecule has 1 N–H and O–H groups in total. The van der Waals surface area contributed by atoms with Crippen LogP contribution in [-0.2, 0) is 6.42 Å². The number of aryl methyl sites for hydroxylation is 1. The molecule has 0 spiro atoms. The van der Waals surface area contributed by atoms with Crippen LogP contribution in [0.1, 0.15) is 23.0 Å².